The topological polar surface area (TPSA) is 77.1 Å². The number of likely N-dealkylation sites (tertiary alicyclic amines) is 1. The van der Waals surface area contributed by atoms with Crippen LogP contribution in [0, 0.1) is 0 Å². The Bertz CT molecular complexity index is 1100. The van der Waals surface area contributed by atoms with Crippen molar-refractivity contribution >= 4 is 17.7 Å². The van der Waals surface area contributed by atoms with Gasteiger partial charge < -0.3 is 19.6 Å². The molecule has 1 aromatic heterocycles. The van der Waals surface area contributed by atoms with E-state index in [1.807, 2.05) is 47.9 Å². The summed E-state index contributed by atoms with van der Waals surface area (Å²) in [5, 5.41) is 0. The van der Waals surface area contributed by atoms with E-state index in [1.165, 1.54) is 0 Å². The van der Waals surface area contributed by atoms with E-state index in [2.05, 4.69) is 16.9 Å². The number of rotatable bonds is 3. The molecule has 0 radical (unpaired) electrons. The van der Waals surface area contributed by atoms with Gasteiger partial charge in [0.15, 0.2) is 0 Å². The first-order valence-corrected chi connectivity index (χ1v) is 11.9. The first-order valence-electron chi connectivity index (χ1n) is 11.9. The van der Waals surface area contributed by atoms with Crippen LogP contribution in [-0.2, 0) is 4.79 Å². The molecular weight excluding hydrogens is 430 g/mol. The number of benzene rings is 1. The Hall–Kier alpha value is -3.26. The summed E-state index contributed by atoms with van der Waals surface area (Å²) in [7, 11) is 2.06. The molecule has 1 spiro atoms. The molecule has 0 bridgehead atoms. The number of pyridine rings is 1. The molecule has 3 amide bonds. The van der Waals surface area contributed by atoms with Crippen LogP contribution < -0.4 is 0 Å². The van der Waals surface area contributed by atoms with Crippen molar-refractivity contribution in [2.75, 3.05) is 46.3 Å². The highest BCUT2D eigenvalue weighted by molar-refractivity contribution is 6.03. The molecule has 3 aliphatic rings. The number of amides is 3. The van der Waals surface area contributed by atoms with Crippen LogP contribution in [0.25, 0.3) is 0 Å². The quantitative estimate of drug-likeness (QED) is 0.696. The van der Waals surface area contributed by atoms with Gasteiger partial charge in [-0.15, -0.1) is 0 Å². The summed E-state index contributed by atoms with van der Waals surface area (Å²) in [5.41, 5.74) is 1.11. The van der Waals surface area contributed by atoms with Crippen LogP contribution in [0.15, 0.2) is 48.8 Å². The molecule has 1 aromatic carbocycles. The Kier molecular flexibility index (Phi) is 5.64. The largest absolute Gasteiger partial charge is 0.340 e. The average molecular weight is 462 g/mol. The number of hydrogen-bond donors (Lipinski definition) is 0. The maximum absolute atomic E-state index is 14.1. The van der Waals surface area contributed by atoms with E-state index in [1.54, 1.807) is 29.4 Å². The maximum atomic E-state index is 14.1. The van der Waals surface area contributed by atoms with Crippen molar-refractivity contribution in [3.8, 4) is 0 Å². The van der Waals surface area contributed by atoms with Gasteiger partial charge in [0, 0.05) is 63.3 Å². The fourth-order valence-electron chi connectivity index (χ4n) is 5.79. The Morgan fingerprint density at radius 3 is 2.35 bits per heavy atom. The average Bonchev–Trinajstić information content (AvgIpc) is 2.82. The standard InChI is InChI=1S/C26H31N5O3/c1-18(2)31-24(33)21-9-5-4-8-20(21)22(25(34)29-13-11-28(3)12-14-29)26(31)16-30(17-26)23(32)19-7-6-10-27-15-19/h4-10,15,18,22H,11-14,16-17H2,1-3H3. The third kappa shape index (κ3) is 3.48. The second-order valence-corrected chi connectivity index (χ2v) is 9.92. The minimum Gasteiger partial charge on any atom is -0.340 e. The zero-order valence-electron chi connectivity index (χ0n) is 20.0. The maximum Gasteiger partial charge on any atom is 0.255 e. The lowest BCUT2D eigenvalue weighted by molar-refractivity contribution is -0.144. The summed E-state index contributed by atoms with van der Waals surface area (Å²) in [6.07, 6.45) is 3.19. The SMILES string of the molecule is CC(C)N1C(=O)c2ccccc2C(C(=O)N2CCN(C)CC2)C12CN(C(=O)c1cccnc1)C2. The number of fused-ring (bicyclic) bond motifs is 1. The van der Waals surface area contributed by atoms with Crippen molar-refractivity contribution < 1.29 is 14.4 Å². The normalized spacial score (nSPS) is 22.1. The van der Waals surface area contributed by atoms with Crippen LogP contribution in [0.3, 0.4) is 0 Å². The van der Waals surface area contributed by atoms with E-state index in [4.69, 9.17) is 0 Å². The zero-order chi connectivity index (χ0) is 24.0. The van der Waals surface area contributed by atoms with Crippen molar-refractivity contribution in [1.82, 2.24) is 24.6 Å². The molecule has 8 nitrogen and oxygen atoms in total. The smallest absolute Gasteiger partial charge is 0.255 e. The highest BCUT2D eigenvalue weighted by Gasteiger charge is 2.62. The lowest BCUT2D eigenvalue weighted by atomic mass is 9.67. The van der Waals surface area contributed by atoms with Crippen molar-refractivity contribution in [3.63, 3.8) is 0 Å². The van der Waals surface area contributed by atoms with Gasteiger partial charge in [-0.1, -0.05) is 18.2 Å². The molecule has 0 saturated carbocycles. The van der Waals surface area contributed by atoms with Crippen molar-refractivity contribution in [2.45, 2.75) is 31.3 Å². The second-order valence-electron chi connectivity index (χ2n) is 9.92. The first kappa shape index (κ1) is 22.5. The molecule has 8 heteroatoms. The molecule has 34 heavy (non-hydrogen) atoms. The highest BCUT2D eigenvalue weighted by Crippen LogP contribution is 2.48. The van der Waals surface area contributed by atoms with Gasteiger partial charge in [-0.25, -0.2) is 0 Å². The van der Waals surface area contributed by atoms with E-state index in [-0.39, 0.29) is 23.8 Å². The van der Waals surface area contributed by atoms with Crippen molar-refractivity contribution in [2.24, 2.45) is 0 Å². The number of hydrogen-bond acceptors (Lipinski definition) is 5. The predicted octanol–water partition coefficient (Wildman–Crippen LogP) is 1.70. The Labute approximate surface area is 200 Å². The van der Waals surface area contributed by atoms with Gasteiger partial charge in [-0.3, -0.25) is 19.4 Å². The van der Waals surface area contributed by atoms with Crippen LogP contribution in [-0.4, -0.2) is 100 Å². The van der Waals surface area contributed by atoms with Gasteiger partial charge in [0.25, 0.3) is 11.8 Å². The molecule has 5 rings (SSSR count). The fourth-order valence-corrected chi connectivity index (χ4v) is 5.79. The summed E-state index contributed by atoms with van der Waals surface area (Å²) >= 11 is 0. The Morgan fingerprint density at radius 2 is 1.71 bits per heavy atom. The lowest BCUT2D eigenvalue weighted by Crippen LogP contribution is -2.78. The molecule has 2 aromatic rings. The number of likely N-dealkylation sites (N-methyl/N-ethyl adjacent to an activating group) is 1. The van der Waals surface area contributed by atoms with Crippen LogP contribution >= 0.6 is 0 Å². The minimum atomic E-state index is -0.766. The van der Waals surface area contributed by atoms with Crippen LogP contribution in [0.2, 0.25) is 0 Å². The van der Waals surface area contributed by atoms with Gasteiger partial charge in [0.05, 0.1) is 17.0 Å². The van der Waals surface area contributed by atoms with E-state index >= 15 is 0 Å². The highest BCUT2D eigenvalue weighted by atomic mass is 16.2. The van der Waals surface area contributed by atoms with Crippen LogP contribution in [0.5, 0.6) is 0 Å². The number of carbonyl (C=O) groups excluding carboxylic acids is 3. The van der Waals surface area contributed by atoms with Gasteiger partial charge in [-0.05, 0) is 44.7 Å². The Morgan fingerprint density at radius 1 is 1.00 bits per heavy atom. The summed E-state index contributed by atoms with van der Waals surface area (Å²) in [6.45, 7) is 7.59. The van der Waals surface area contributed by atoms with E-state index in [0.717, 1.165) is 18.7 Å². The lowest BCUT2D eigenvalue weighted by Gasteiger charge is -2.62. The molecule has 0 aliphatic carbocycles. The Balaban J connectivity index is 1.55. The van der Waals surface area contributed by atoms with E-state index in [9.17, 15) is 14.4 Å². The third-order valence-electron chi connectivity index (χ3n) is 7.44. The molecule has 178 valence electrons. The van der Waals surface area contributed by atoms with Crippen molar-refractivity contribution in [3.05, 3.63) is 65.5 Å². The fraction of sp³-hybridized carbons (Fsp3) is 0.462. The number of piperazine rings is 1. The summed E-state index contributed by atoms with van der Waals surface area (Å²) in [6, 6.07) is 10.9. The minimum absolute atomic E-state index is 0.0483. The molecule has 4 heterocycles. The van der Waals surface area contributed by atoms with Gasteiger partial charge >= 0.3 is 0 Å². The molecule has 3 aliphatic heterocycles. The molecule has 2 fully saturated rings. The molecule has 1 atom stereocenters. The van der Waals surface area contributed by atoms with Crippen LogP contribution in [0.1, 0.15) is 46.0 Å². The van der Waals surface area contributed by atoms with Gasteiger partial charge in [0.2, 0.25) is 5.91 Å². The number of nitrogens with zero attached hydrogens (tertiary/aromatic N) is 5. The monoisotopic (exact) mass is 461 g/mol. The molecule has 1 unspecified atom stereocenters. The van der Waals surface area contributed by atoms with Crippen molar-refractivity contribution in [1.29, 1.82) is 0 Å². The first-order chi connectivity index (χ1) is 16.3. The summed E-state index contributed by atoms with van der Waals surface area (Å²) in [5.74, 6) is -0.654. The summed E-state index contributed by atoms with van der Waals surface area (Å²) in [4.78, 5) is 52.8. The second kappa shape index (κ2) is 8.51. The zero-order valence-corrected chi connectivity index (χ0v) is 20.0. The number of carbonyl (C=O) groups is 3. The van der Waals surface area contributed by atoms with Gasteiger partial charge in [-0.2, -0.15) is 0 Å². The molecular formula is C26H31N5O3. The molecule has 0 N–H and O–H groups in total. The predicted molar refractivity (Wildman–Crippen MR) is 127 cm³/mol. The summed E-state index contributed by atoms with van der Waals surface area (Å²) < 4.78 is 0. The van der Waals surface area contributed by atoms with E-state index < -0.39 is 11.5 Å². The van der Waals surface area contributed by atoms with E-state index in [0.29, 0.717) is 37.3 Å². The molecule has 2 saturated heterocycles. The van der Waals surface area contributed by atoms with Crippen LogP contribution in [0.4, 0.5) is 0 Å². The third-order valence-corrected chi connectivity index (χ3v) is 7.44. The number of aromatic nitrogens is 1. The van der Waals surface area contributed by atoms with Gasteiger partial charge in [0.1, 0.15) is 0 Å².